The monoisotopic (exact) mass is 299 g/mol. The van der Waals surface area contributed by atoms with E-state index in [9.17, 15) is 0 Å². The second-order valence-electron chi connectivity index (χ2n) is 5.05. The van der Waals surface area contributed by atoms with Crippen LogP contribution >= 0.6 is 15.9 Å². The van der Waals surface area contributed by atoms with Crippen LogP contribution in [0.3, 0.4) is 0 Å². The quantitative estimate of drug-likeness (QED) is 0.868. The minimum absolute atomic E-state index is 0.186. The number of benzene rings is 1. The average Bonchev–Trinajstić information content (AvgIpc) is 2.30. The molecule has 0 radical (unpaired) electrons. The van der Waals surface area contributed by atoms with E-state index in [1.54, 1.807) is 0 Å². The first-order chi connectivity index (χ1) is 7.98. The summed E-state index contributed by atoms with van der Waals surface area (Å²) in [5.41, 5.74) is 7.20. The third-order valence-corrected chi connectivity index (χ3v) is 3.44. The SMILES string of the molecule is CCOc1ccc(Br)cc1CCC(C)(C)CN. The maximum atomic E-state index is 5.76. The zero-order chi connectivity index (χ0) is 12.9. The fourth-order valence-electron chi connectivity index (χ4n) is 1.61. The van der Waals surface area contributed by atoms with Crippen molar-refractivity contribution in [1.82, 2.24) is 0 Å². The van der Waals surface area contributed by atoms with Crippen molar-refractivity contribution in [3.05, 3.63) is 28.2 Å². The predicted octanol–water partition coefficient (Wildman–Crippen LogP) is 3.77. The van der Waals surface area contributed by atoms with Gasteiger partial charge in [-0.25, -0.2) is 0 Å². The molecule has 0 saturated heterocycles. The Labute approximate surface area is 113 Å². The summed E-state index contributed by atoms with van der Waals surface area (Å²) in [5.74, 6) is 0.989. The van der Waals surface area contributed by atoms with Crippen LogP contribution in [0.2, 0.25) is 0 Å². The number of hydrogen-bond donors (Lipinski definition) is 1. The summed E-state index contributed by atoms with van der Waals surface area (Å²) < 4.78 is 6.74. The zero-order valence-corrected chi connectivity index (χ0v) is 12.5. The van der Waals surface area contributed by atoms with Gasteiger partial charge in [0.15, 0.2) is 0 Å². The molecule has 3 heteroatoms. The van der Waals surface area contributed by atoms with Crippen molar-refractivity contribution < 1.29 is 4.74 Å². The normalized spacial score (nSPS) is 11.6. The largest absolute Gasteiger partial charge is 0.494 e. The van der Waals surface area contributed by atoms with Crippen LogP contribution in [-0.4, -0.2) is 13.2 Å². The highest BCUT2D eigenvalue weighted by Gasteiger charge is 2.16. The van der Waals surface area contributed by atoms with Gasteiger partial charge in [-0.2, -0.15) is 0 Å². The van der Waals surface area contributed by atoms with E-state index in [1.165, 1.54) is 5.56 Å². The van der Waals surface area contributed by atoms with E-state index in [0.717, 1.165) is 23.1 Å². The molecule has 2 N–H and O–H groups in total. The summed E-state index contributed by atoms with van der Waals surface area (Å²) in [6.07, 6.45) is 2.07. The highest BCUT2D eigenvalue weighted by Crippen LogP contribution is 2.28. The van der Waals surface area contributed by atoms with Crippen LogP contribution in [0.5, 0.6) is 5.75 Å². The van der Waals surface area contributed by atoms with Gasteiger partial charge in [0.2, 0.25) is 0 Å². The summed E-state index contributed by atoms with van der Waals surface area (Å²) >= 11 is 3.50. The van der Waals surface area contributed by atoms with Crippen molar-refractivity contribution >= 4 is 15.9 Å². The van der Waals surface area contributed by atoms with E-state index in [1.807, 2.05) is 19.1 Å². The standard InChI is InChI=1S/C14H22BrNO/c1-4-17-13-6-5-12(15)9-11(13)7-8-14(2,3)10-16/h5-6,9H,4,7-8,10,16H2,1-3H3. The minimum Gasteiger partial charge on any atom is -0.494 e. The molecule has 0 spiro atoms. The number of rotatable bonds is 6. The van der Waals surface area contributed by atoms with Crippen LogP contribution in [0.1, 0.15) is 32.8 Å². The Morgan fingerprint density at radius 3 is 2.65 bits per heavy atom. The van der Waals surface area contributed by atoms with Crippen molar-refractivity contribution in [1.29, 1.82) is 0 Å². The van der Waals surface area contributed by atoms with Crippen LogP contribution in [0.15, 0.2) is 22.7 Å². The van der Waals surface area contributed by atoms with Gasteiger partial charge in [-0.15, -0.1) is 0 Å². The number of nitrogens with two attached hydrogens (primary N) is 1. The Hall–Kier alpha value is -0.540. The van der Waals surface area contributed by atoms with Gasteiger partial charge in [-0.05, 0) is 55.5 Å². The third kappa shape index (κ3) is 4.68. The lowest BCUT2D eigenvalue weighted by molar-refractivity contribution is 0.324. The Bertz CT molecular complexity index is 363. The van der Waals surface area contributed by atoms with Gasteiger partial charge in [0.05, 0.1) is 6.61 Å². The molecule has 0 bridgehead atoms. The molecular weight excluding hydrogens is 278 g/mol. The Kier molecular flexibility index (Phi) is 5.47. The summed E-state index contributed by atoms with van der Waals surface area (Å²) in [7, 11) is 0. The Balaban J connectivity index is 2.77. The molecule has 2 nitrogen and oxygen atoms in total. The average molecular weight is 300 g/mol. The number of hydrogen-bond acceptors (Lipinski definition) is 2. The third-order valence-electron chi connectivity index (χ3n) is 2.95. The lowest BCUT2D eigenvalue weighted by Gasteiger charge is -2.22. The maximum Gasteiger partial charge on any atom is 0.122 e. The van der Waals surface area contributed by atoms with Gasteiger partial charge in [-0.3, -0.25) is 0 Å². The molecule has 0 heterocycles. The summed E-state index contributed by atoms with van der Waals surface area (Å²) in [5, 5.41) is 0. The molecule has 0 aromatic heterocycles. The van der Waals surface area contributed by atoms with Gasteiger partial charge >= 0.3 is 0 Å². The van der Waals surface area contributed by atoms with E-state index in [2.05, 4.69) is 35.8 Å². The van der Waals surface area contributed by atoms with E-state index in [-0.39, 0.29) is 5.41 Å². The molecule has 0 unspecified atom stereocenters. The van der Waals surface area contributed by atoms with Crippen LogP contribution in [0.4, 0.5) is 0 Å². The maximum absolute atomic E-state index is 5.76. The van der Waals surface area contributed by atoms with E-state index in [4.69, 9.17) is 10.5 Å². The Morgan fingerprint density at radius 1 is 1.35 bits per heavy atom. The lowest BCUT2D eigenvalue weighted by atomic mass is 9.86. The molecule has 96 valence electrons. The van der Waals surface area contributed by atoms with Crippen molar-refractivity contribution in [3.8, 4) is 5.75 Å². The molecular formula is C14H22BrNO. The van der Waals surface area contributed by atoms with Crippen LogP contribution in [0, 0.1) is 5.41 Å². The molecule has 0 aliphatic heterocycles. The van der Waals surface area contributed by atoms with Gasteiger partial charge in [0.1, 0.15) is 5.75 Å². The van der Waals surface area contributed by atoms with Crippen molar-refractivity contribution in [2.75, 3.05) is 13.2 Å². The second-order valence-corrected chi connectivity index (χ2v) is 5.97. The van der Waals surface area contributed by atoms with Crippen LogP contribution in [0.25, 0.3) is 0 Å². The first-order valence-corrected chi connectivity index (χ1v) is 6.89. The molecule has 17 heavy (non-hydrogen) atoms. The topological polar surface area (TPSA) is 35.2 Å². The molecule has 1 rings (SSSR count). The fraction of sp³-hybridized carbons (Fsp3) is 0.571. The Morgan fingerprint density at radius 2 is 2.06 bits per heavy atom. The molecule has 0 fully saturated rings. The predicted molar refractivity (Wildman–Crippen MR) is 76.5 cm³/mol. The number of halogens is 1. The summed E-state index contributed by atoms with van der Waals surface area (Å²) in [6.45, 7) is 7.83. The number of ether oxygens (including phenoxy) is 1. The first-order valence-electron chi connectivity index (χ1n) is 6.10. The number of aryl methyl sites for hydroxylation is 1. The molecule has 1 aromatic carbocycles. The van der Waals surface area contributed by atoms with E-state index < -0.39 is 0 Å². The molecule has 0 aliphatic rings. The van der Waals surface area contributed by atoms with Gasteiger partial charge in [0, 0.05) is 4.47 Å². The highest BCUT2D eigenvalue weighted by atomic mass is 79.9. The van der Waals surface area contributed by atoms with Gasteiger partial charge in [0.25, 0.3) is 0 Å². The molecule has 0 amide bonds. The van der Waals surface area contributed by atoms with Gasteiger partial charge < -0.3 is 10.5 Å². The van der Waals surface area contributed by atoms with Crippen molar-refractivity contribution in [3.63, 3.8) is 0 Å². The fourth-order valence-corrected chi connectivity index (χ4v) is 2.02. The second kappa shape index (κ2) is 6.41. The van der Waals surface area contributed by atoms with E-state index in [0.29, 0.717) is 13.2 Å². The smallest absolute Gasteiger partial charge is 0.122 e. The van der Waals surface area contributed by atoms with Crippen LogP contribution in [-0.2, 0) is 6.42 Å². The van der Waals surface area contributed by atoms with Crippen LogP contribution < -0.4 is 10.5 Å². The molecule has 0 atom stereocenters. The molecule has 1 aromatic rings. The highest BCUT2D eigenvalue weighted by molar-refractivity contribution is 9.10. The van der Waals surface area contributed by atoms with Crippen molar-refractivity contribution in [2.45, 2.75) is 33.6 Å². The van der Waals surface area contributed by atoms with E-state index >= 15 is 0 Å². The zero-order valence-electron chi connectivity index (χ0n) is 10.9. The van der Waals surface area contributed by atoms with Gasteiger partial charge in [-0.1, -0.05) is 29.8 Å². The molecule has 0 saturated carbocycles. The summed E-state index contributed by atoms with van der Waals surface area (Å²) in [4.78, 5) is 0. The minimum atomic E-state index is 0.186. The summed E-state index contributed by atoms with van der Waals surface area (Å²) in [6, 6.07) is 6.18. The van der Waals surface area contributed by atoms with Crippen molar-refractivity contribution in [2.24, 2.45) is 11.1 Å². The first kappa shape index (κ1) is 14.5. The lowest BCUT2D eigenvalue weighted by Crippen LogP contribution is -2.24. The molecule has 0 aliphatic carbocycles.